The fraction of sp³-hybridized carbons (Fsp3) is 0.500. The predicted molar refractivity (Wildman–Crippen MR) is 89.8 cm³/mol. The standard InChI is InChI=1S/C18H23BO4/c1-7-13-10-8-9-11-14(13)15(12-16(20)21-6)19-22-17(2,3)18(4,5)23-19/h1,8-11,15H,12H2,2-6H3. The van der Waals surface area contributed by atoms with Crippen LogP contribution in [0.3, 0.4) is 0 Å². The molecule has 1 saturated heterocycles. The van der Waals surface area contributed by atoms with E-state index in [1.165, 1.54) is 7.11 Å². The topological polar surface area (TPSA) is 44.8 Å². The van der Waals surface area contributed by atoms with E-state index in [4.69, 9.17) is 20.5 Å². The quantitative estimate of drug-likeness (QED) is 0.487. The Labute approximate surface area is 138 Å². The summed E-state index contributed by atoms with van der Waals surface area (Å²) in [4.78, 5) is 11.9. The highest BCUT2D eigenvalue weighted by atomic mass is 16.7. The number of methoxy groups -OCH3 is 1. The van der Waals surface area contributed by atoms with E-state index in [2.05, 4.69) is 5.92 Å². The lowest BCUT2D eigenvalue weighted by Crippen LogP contribution is -2.41. The van der Waals surface area contributed by atoms with Gasteiger partial charge < -0.3 is 14.0 Å². The maximum Gasteiger partial charge on any atom is 0.466 e. The fourth-order valence-electron chi connectivity index (χ4n) is 2.62. The molecule has 5 heteroatoms. The minimum atomic E-state index is -0.561. The molecule has 1 aromatic rings. The van der Waals surface area contributed by atoms with Gasteiger partial charge in [-0.3, -0.25) is 4.79 Å². The van der Waals surface area contributed by atoms with Crippen LogP contribution in [-0.2, 0) is 18.8 Å². The van der Waals surface area contributed by atoms with Crippen molar-refractivity contribution < 1.29 is 18.8 Å². The predicted octanol–water partition coefficient (Wildman–Crippen LogP) is 2.95. The second-order valence-corrected chi connectivity index (χ2v) is 6.74. The van der Waals surface area contributed by atoms with Crippen molar-refractivity contribution in [2.45, 2.75) is 51.1 Å². The Hall–Kier alpha value is -1.77. The highest BCUT2D eigenvalue weighted by Crippen LogP contribution is 2.42. The maximum absolute atomic E-state index is 11.9. The van der Waals surface area contributed by atoms with E-state index >= 15 is 0 Å². The Bertz CT molecular complexity index is 614. The Morgan fingerprint density at radius 1 is 1.26 bits per heavy atom. The first kappa shape index (κ1) is 17.6. The van der Waals surface area contributed by atoms with Crippen molar-refractivity contribution in [3.8, 4) is 12.3 Å². The van der Waals surface area contributed by atoms with E-state index in [-0.39, 0.29) is 18.2 Å². The fourth-order valence-corrected chi connectivity index (χ4v) is 2.62. The summed E-state index contributed by atoms with van der Waals surface area (Å²) in [6.45, 7) is 7.93. The Morgan fingerprint density at radius 2 is 1.83 bits per heavy atom. The Kier molecular flexibility index (Phi) is 4.88. The van der Waals surface area contributed by atoms with Crippen molar-refractivity contribution in [2.75, 3.05) is 7.11 Å². The first-order valence-corrected chi connectivity index (χ1v) is 7.70. The van der Waals surface area contributed by atoms with Gasteiger partial charge in [-0.1, -0.05) is 24.1 Å². The maximum atomic E-state index is 11.9. The summed E-state index contributed by atoms with van der Waals surface area (Å²) in [7, 11) is 0.810. The van der Waals surface area contributed by atoms with Crippen LogP contribution in [0.4, 0.5) is 0 Å². The second-order valence-electron chi connectivity index (χ2n) is 6.74. The lowest BCUT2D eigenvalue weighted by molar-refractivity contribution is -0.140. The van der Waals surface area contributed by atoms with Crippen molar-refractivity contribution in [3.63, 3.8) is 0 Å². The molecule has 1 unspecified atom stereocenters. The van der Waals surface area contributed by atoms with Gasteiger partial charge in [0.2, 0.25) is 0 Å². The first-order chi connectivity index (χ1) is 10.7. The number of carbonyl (C=O) groups is 1. The summed E-state index contributed by atoms with van der Waals surface area (Å²) in [5.41, 5.74) is 0.642. The summed E-state index contributed by atoms with van der Waals surface area (Å²) in [5.74, 6) is 2.02. The number of carbonyl (C=O) groups excluding carboxylic acids is 1. The van der Waals surface area contributed by atoms with Crippen molar-refractivity contribution in [3.05, 3.63) is 35.4 Å². The summed E-state index contributed by atoms with van der Waals surface area (Å²) in [6.07, 6.45) is 5.75. The average Bonchev–Trinajstić information content (AvgIpc) is 2.72. The normalized spacial score (nSPS) is 19.9. The van der Waals surface area contributed by atoms with Gasteiger partial charge in [0.15, 0.2) is 0 Å². The molecule has 0 saturated carbocycles. The third kappa shape index (κ3) is 3.44. The molecule has 1 aromatic carbocycles. The molecule has 1 aliphatic heterocycles. The summed E-state index contributed by atoms with van der Waals surface area (Å²) in [6, 6.07) is 7.53. The Morgan fingerprint density at radius 3 is 2.35 bits per heavy atom. The van der Waals surface area contributed by atoms with Crippen LogP contribution in [-0.4, -0.2) is 31.4 Å². The molecule has 0 N–H and O–H groups in total. The zero-order valence-corrected chi connectivity index (χ0v) is 14.4. The molecule has 1 fully saturated rings. The van der Waals surface area contributed by atoms with Crippen molar-refractivity contribution >= 4 is 13.1 Å². The van der Waals surface area contributed by atoms with E-state index in [1.807, 2.05) is 52.0 Å². The van der Waals surface area contributed by atoms with E-state index in [0.717, 1.165) is 11.1 Å². The molecule has 2 rings (SSSR count). The number of hydrogen-bond acceptors (Lipinski definition) is 4. The molecule has 122 valence electrons. The van der Waals surface area contributed by atoms with E-state index < -0.39 is 18.3 Å². The van der Waals surface area contributed by atoms with Crippen molar-refractivity contribution in [1.82, 2.24) is 0 Å². The van der Waals surface area contributed by atoms with Crippen LogP contribution >= 0.6 is 0 Å². The van der Waals surface area contributed by atoms with Crippen LogP contribution in [0, 0.1) is 12.3 Å². The zero-order valence-electron chi connectivity index (χ0n) is 14.4. The number of ether oxygens (including phenoxy) is 1. The highest BCUT2D eigenvalue weighted by Gasteiger charge is 2.54. The third-order valence-electron chi connectivity index (χ3n) is 4.73. The molecule has 1 heterocycles. The van der Waals surface area contributed by atoms with Crippen LogP contribution in [0.25, 0.3) is 0 Å². The number of rotatable bonds is 4. The SMILES string of the molecule is C#Cc1ccccc1C(CC(=O)OC)B1OC(C)(C)C(C)(C)O1. The monoisotopic (exact) mass is 314 g/mol. The van der Waals surface area contributed by atoms with Gasteiger partial charge >= 0.3 is 13.1 Å². The van der Waals surface area contributed by atoms with Crippen LogP contribution < -0.4 is 0 Å². The van der Waals surface area contributed by atoms with Gasteiger partial charge in [-0.25, -0.2) is 0 Å². The molecule has 0 amide bonds. The number of esters is 1. The highest BCUT2D eigenvalue weighted by molar-refractivity contribution is 6.48. The lowest BCUT2D eigenvalue weighted by atomic mass is 9.65. The molecule has 0 radical (unpaired) electrons. The zero-order chi connectivity index (χ0) is 17.3. The minimum absolute atomic E-state index is 0.145. The van der Waals surface area contributed by atoms with Gasteiger partial charge in [0.1, 0.15) is 0 Å². The van der Waals surface area contributed by atoms with E-state index in [0.29, 0.717) is 0 Å². The van der Waals surface area contributed by atoms with Gasteiger partial charge in [-0.15, -0.1) is 6.42 Å². The van der Waals surface area contributed by atoms with Gasteiger partial charge in [0, 0.05) is 11.4 Å². The molecular weight excluding hydrogens is 291 g/mol. The molecule has 23 heavy (non-hydrogen) atoms. The second kappa shape index (κ2) is 6.39. The van der Waals surface area contributed by atoms with Crippen molar-refractivity contribution in [2.24, 2.45) is 0 Å². The number of benzene rings is 1. The van der Waals surface area contributed by atoms with E-state index in [1.54, 1.807) is 0 Å². The average molecular weight is 314 g/mol. The number of hydrogen-bond donors (Lipinski definition) is 0. The largest absolute Gasteiger partial charge is 0.469 e. The van der Waals surface area contributed by atoms with Crippen LogP contribution in [0.5, 0.6) is 0 Å². The molecule has 1 aliphatic rings. The van der Waals surface area contributed by atoms with Gasteiger partial charge in [0.05, 0.1) is 24.7 Å². The lowest BCUT2D eigenvalue weighted by Gasteiger charge is -2.32. The molecule has 4 nitrogen and oxygen atoms in total. The third-order valence-corrected chi connectivity index (χ3v) is 4.73. The molecule has 1 atom stereocenters. The molecule has 0 bridgehead atoms. The van der Waals surface area contributed by atoms with Crippen LogP contribution in [0.1, 0.15) is 51.1 Å². The molecular formula is C18H23BO4. The van der Waals surface area contributed by atoms with Gasteiger partial charge in [0.25, 0.3) is 0 Å². The van der Waals surface area contributed by atoms with Crippen LogP contribution in [0.15, 0.2) is 24.3 Å². The first-order valence-electron chi connectivity index (χ1n) is 7.70. The van der Waals surface area contributed by atoms with Gasteiger partial charge in [-0.2, -0.15) is 0 Å². The van der Waals surface area contributed by atoms with Gasteiger partial charge in [-0.05, 0) is 39.3 Å². The van der Waals surface area contributed by atoms with E-state index in [9.17, 15) is 4.79 Å². The molecule has 0 aromatic heterocycles. The molecule has 0 spiro atoms. The Balaban J connectivity index is 2.40. The molecule has 0 aliphatic carbocycles. The summed E-state index contributed by atoms with van der Waals surface area (Å²) in [5, 5.41) is 0. The summed E-state index contributed by atoms with van der Waals surface area (Å²) >= 11 is 0. The smallest absolute Gasteiger partial charge is 0.466 e. The summed E-state index contributed by atoms with van der Waals surface area (Å²) < 4.78 is 17.1. The van der Waals surface area contributed by atoms with Crippen LogP contribution in [0.2, 0.25) is 0 Å². The van der Waals surface area contributed by atoms with Crippen molar-refractivity contribution in [1.29, 1.82) is 0 Å². The minimum Gasteiger partial charge on any atom is -0.469 e. The number of terminal acetylenes is 1.